The fourth-order valence-corrected chi connectivity index (χ4v) is 4.88. The second-order valence-electron chi connectivity index (χ2n) is 8.93. The maximum atomic E-state index is 13.3. The van der Waals surface area contributed by atoms with Crippen LogP contribution in [0.2, 0.25) is 0 Å². The number of amides is 1. The molecule has 7 heteroatoms. The fraction of sp³-hybridized carbons (Fsp3) is 0.423. The predicted molar refractivity (Wildman–Crippen MR) is 131 cm³/mol. The van der Waals surface area contributed by atoms with Crippen molar-refractivity contribution in [3.05, 3.63) is 53.2 Å². The van der Waals surface area contributed by atoms with Crippen LogP contribution in [0.5, 0.6) is 5.88 Å². The molecule has 33 heavy (non-hydrogen) atoms. The van der Waals surface area contributed by atoms with Gasteiger partial charge in [0.15, 0.2) is 0 Å². The molecule has 1 fully saturated rings. The number of carbonyl (C=O) groups is 1. The number of methoxy groups -OCH3 is 1. The Bertz CT molecular complexity index is 1060. The first kappa shape index (κ1) is 23.0. The van der Waals surface area contributed by atoms with E-state index in [1.165, 1.54) is 0 Å². The maximum Gasteiger partial charge on any atom is 0.232 e. The van der Waals surface area contributed by atoms with Crippen LogP contribution in [0.25, 0.3) is 6.08 Å². The second-order valence-corrected chi connectivity index (χ2v) is 8.93. The molecule has 1 aliphatic carbocycles. The van der Waals surface area contributed by atoms with E-state index < -0.39 is 6.10 Å². The van der Waals surface area contributed by atoms with Gasteiger partial charge in [-0.15, -0.1) is 0 Å². The smallest absolute Gasteiger partial charge is 0.232 e. The molecule has 0 saturated heterocycles. The highest BCUT2D eigenvalue weighted by Crippen LogP contribution is 2.40. The maximum absolute atomic E-state index is 13.3. The van der Waals surface area contributed by atoms with Gasteiger partial charge in [0.05, 0.1) is 43.4 Å². The molecule has 0 bridgehead atoms. The summed E-state index contributed by atoms with van der Waals surface area (Å²) in [4.78, 5) is 26.0. The van der Waals surface area contributed by atoms with Crippen molar-refractivity contribution < 1.29 is 14.6 Å². The van der Waals surface area contributed by atoms with E-state index in [0.29, 0.717) is 12.3 Å². The van der Waals surface area contributed by atoms with Gasteiger partial charge in [-0.25, -0.2) is 9.98 Å². The lowest BCUT2D eigenvalue weighted by Gasteiger charge is -2.34. The van der Waals surface area contributed by atoms with Crippen LogP contribution in [0, 0.1) is 0 Å². The Balaban J connectivity index is 1.75. The van der Waals surface area contributed by atoms with Gasteiger partial charge in [-0.3, -0.25) is 9.69 Å². The van der Waals surface area contributed by atoms with Gasteiger partial charge < -0.3 is 14.7 Å². The number of ether oxygens (including phenoxy) is 1. The van der Waals surface area contributed by atoms with Gasteiger partial charge in [-0.1, -0.05) is 37.6 Å². The molecule has 1 N–H and O–H groups in total. The Morgan fingerprint density at radius 2 is 2.09 bits per heavy atom. The number of benzene rings is 1. The Morgan fingerprint density at radius 1 is 1.30 bits per heavy atom. The highest BCUT2D eigenvalue weighted by Gasteiger charge is 2.33. The lowest BCUT2D eigenvalue weighted by Crippen LogP contribution is -2.48. The Labute approximate surface area is 195 Å². The summed E-state index contributed by atoms with van der Waals surface area (Å²) in [6.07, 6.45) is 9.19. The summed E-state index contributed by atoms with van der Waals surface area (Å²) in [5.41, 5.74) is 5.70. The molecule has 2 aliphatic rings. The molecular formula is C26H32N4O3. The van der Waals surface area contributed by atoms with Crippen molar-refractivity contribution >= 4 is 29.7 Å². The van der Waals surface area contributed by atoms with Crippen LogP contribution in [-0.2, 0) is 17.6 Å². The molecule has 1 aromatic carbocycles. The fourth-order valence-electron chi connectivity index (χ4n) is 4.88. The van der Waals surface area contributed by atoms with Gasteiger partial charge in [0.1, 0.15) is 0 Å². The van der Waals surface area contributed by atoms with Crippen molar-refractivity contribution in [1.82, 2.24) is 9.88 Å². The lowest BCUT2D eigenvalue weighted by molar-refractivity contribution is -0.130. The molecule has 1 amide bonds. The number of carbonyl (C=O) groups excluding carboxylic acids is 1. The number of aliphatic imine (C=N–C) groups is 1. The first-order valence-electron chi connectivity index (χ1n) is 11.4. The number of pyridine rings is 1. The molecule has 0 spiro atoms. The molecule has 2 aromatic rings. The quantitative estimate of drug-likeness (QED) is 0.728. The molecule has 0 radical (unpaired) electrons. The van der Waals surface area contributed by atoms with Crippen molar-refractivity contribution in [3.8, 4) is 5.88 Å². The number of fused-ring (bicyclic) bond motifs is 1. The van der Waals surface area contributed by atoms with Gasteiger partial charge in [0.2, 0.25) is 11.8 Å². The van der Waals surface area contributed by atoms with Crippen LogP contribution in [0.4, 0.5) is 11.4 Å². The standard InChI is InChI=1S/C26H32N4O3/c1-5-20-18(12-17-10-11-23(33-4)27-15-17)13-19-14-24(32)30(21-8-6-7-9-22(21)31)16-28-25(19)26(20)29(2)3/h5,10-11,13,15-16,21-22,31H,1,6-9,12,14H2,2-4H3. The molecule has 174 valence electrons. The van der Waals surface area contributed by atoms with E-state index in [4.69, 9.17) is 9.73 Å². The molecule has 1 saturated carbocycles. The van der Waals surface area contributed by atoms with Gasteiger partial charge in [-0.2, -0.15) is 0 Å². The Hall–Kier alpha value is -3.19. The average molecular weight is 449 g/mol. The number of rotatable bonds is 6. The summed E-state index contributed by atoms with van der Waals surface area (Å²) in [7, 11) is 5.55. The van der Waals surface area contributed by atoms with Crippen LogP contribution >= 0.6 is 0 Å². The highest BCUT2D eigenvalue weighted by molar-refractivity contribution is 5.96. The molecule has 1 aromatic heterocycles. The summed E-state index contributed by atoms with van der Waals surface area (Å²) in [5, 5.41) is 10.5. The number of anilines is 1. The zero-order valence-corrected chi connectivity index (χ0v) is 19.6. The highest BCUT2D eigenvalue weighted by atomic mass is 16.5. The minimum Gasteiger partial charge on any atom is -0.481 e. The third-order valence-electron chi connectivity index (χ3n) is 6.52. The largest absolute Gasteiger partial charge is 0.481 e. The van der Waals surface area contributed by atoms with E-state index in [-0.39, 0.29) is 18.4 Å². The van der Waals surface area contributed by atoms with Crippen molar-refractivity contribution in [2.75, 3.05) is 26.1 Å². The molecule has 4 rings (SSSR count). The Morgan fingerprint density at radius 3 is 2.73 bits per heavy atom. The van der Waals surface area contributed by atoms with Crippen LogP contribution in [0.1, 0.15) is 47.9 Å². The monoisotopic (exact) mass is 448 g/mol. The summed E-state index contributed by atoms with van der Waals surface area (Å²) in [5.74, 6) is 0.542. The van der Waals surface area contributed by atoms with E-state index in [9.17, 15) is 9.90 Å². The predicted octanol–water partition coefficient (Wildman–Crippen LogP) is 3.74. The normalized spacial score (nSPS) is 20.2. The van der Waals surface area contributed by atoms with E-state index in [1.54, 1.807) is 18.3 Å². The molecule has 2 unspecified atom stereocenters. The van der Waals surface area contributed by atoms with Crippen molar-refractivity contribution in [2.45, 2.75) is 50.7 Å². The number of aromatic nitrogens is 1. The zero-order valence-electron chi connectivity index (χ0n) is 19.6. The SMILES string of the molecule is C=Cc1c(Cc2ccc(OC)nc2)cc2c(c1N(C)C)N=CN(C1CCCCC1O)C(=O)C2. The number of aliphatic hydroxyl groups excluding tert-OH is 1. The van der Waals surface area contributed by atoms with Crippen molar-refractivity contribution in [2.24, 2.45) is 4.99 Å². The topological polar surface area (TPSA) is 78.3 Å². The van der Waals surface area contributed by atoms with E-state index in [1.807, 2.05) is 43.4 Å². The number of nitrogens with zero attached hydrogens (tertiary/aromatic N) is 4. The lowest BCUT2D eigenvalue weighted by atomic mass is 9.91. The summed E-state index contributed by atoms with van der Waals surface area (Å²) < 4.78 is 5.17. The first-order chi connectivity index (χ1) is 15.9. The van der Waals surface area contributed by atoms with Gasteiger partial charge in [0, 0.05) is 31.9 Å². The summed E-state index contributed by atoms with van der Waals surface area (Å²) in [6.45, 7) is 4.06. The first-order valence-corrected chi connectivity index (χ1v) is 11.4. The zero-order chi connectivity index (χ0) is 23.5. The second kappa shape index (κ2) is 9.75. The minimum atomic E-state index is -0.509. The molecule has 2 heterocycles. The van der Waals surface area contributed by atoms with Crippen molar-refractivity contribution in [3.63, 3.8) is 0 Å². The number of hydrogen-bond acceptors (Lipinski definition) is 6. The average Bonchev–Trinajstić information content (AvgIpc) is 2.96. The summed E-state index contributed by atoms with van der Waals surface area (Å²) >= 11 is 0. The van der Waals surface area contributed by atoms with Crippen molar-refractivity contribution in [1.29, 1.82) is 0 Å². The molecular weight excluding hydrogens is 416 g/mol. The Kier molecular flexibility index (Phi) is 6.79. The molecule has 7 nitrogen and oxygen atoms in total. The third kappa shape index (κ3) is 4.64. The number of aliphatic hydroxyl groups is 1. The minimum absolute atomic E-state index is 0.0310. The number of hydrogen-bond donors (Lipinski definition) is 1. The van der Waals surface area contributed by atoms with E-state index in [0.717, 1.165) is 59.3 Å². The van der Waals surface area contributed by atoms with Crippen LogP contribution in [0.3, 0.4) is 0 Å². The third-order valence-corrected chi connectivity index (χ3v) is 6.52. The van der Waals surface area contributed by atoms with Gasteiger partial charge >= 0.3 is 0 Å². The summed E-state index contributed by atoms with van der Waals surface area (Å²) in [6, 6.07) is 5.70. The van der Waals surface area contributed by atoms with Gasteiger partial charge in [-0.05, 0) is 36.0 Å². The van der Waals surface area contributed by atoms with E-state index in [2.05, 4.69) is 17.6 Å². The molecule has 1 aliphatic heterocycles. The molecule has 2 atom stereocenters. The van der Waals surface area contributed by atoms with E-state index >= 15 is 0 Å². The van der Waals surface area contributed by atoms with Crippen LogP contribution in [0.15, 0.2) is 36.0 Å². The van der Waals surface area contributed by atoms with Crippen LogP contribution < -0.4 is 9.64 Å². The van der Waals surface area contributed by atoms with Crippen LogP contribution in [-0.4, -0.2) is 60.6 Å². The van der Waals surface area contributed by atoms with Gasteiger partial charge in [0.25, 0.3) is 0 Å².